The van der Waals surface area contributed by atoms with Crippen molar-refractivity contribution in [1.29, 1.82) is 0 Å². The molecule has 0 aliphatic carbocycles. The quantitative estimate of drug-likeness (QED) is 0.783. The number of quaternary nitrogens is 1. The lowest BCUT2D eigenvalue weighted by Gasteiger charge is -2.11. The molecule has 102 valence electrons. The molecule has 0 spiro atoms. The molecule has 0 radical (unpaired) electrons. The van der Waals surface area contributed by atoms with Crippen molar-refractivity contribution >= 4 is 0 Å². The maximum atomic E-state index is 12.4. The fraction of sp³-hybridized carbons (Fsp3) is 0.538. The van der Waals surface area contributed by atoms with E-state index in [0.717, 1.165) is 25.1 Å². The van der Waals surface area contributed by atoms with Crippen LogP contribution in [0.2, 0.25) is 0 Å². The SMILES string of the molecule is CC[C@@H](C)[NH2+]CCOc1cccc(C(F)(F)F)c1. The van der Waals surface area contributed by atoms with Crippen LogP contribution < -0.4 is 10.1 Å². The lowest BCUT2D eigenvalue weighted by Crippen LogP contribution is -2.90. The lowest BCUT2D eigenvalue weighted by molar-refractivity contribution is -0.686. The van der Waals surface area contributed by atoms with Gasteiger partial charge in [0.15, 0.2) is 0 Å². The van der Waals surface area contributed by atoms with Crippen molar-refractivity contribution in [1.82, 2.24) is 0 Å². The van der Waals surface area contributed by atoms with E-state index in [9.17, 15) is 13.2 Å². The zero-order valence-corrected chi connectivity index (χ0v) is 10.6. The molecule has 0 amide bonds. The van der Waals surface area contributed by atoms with Crippen molar-refractivity contribution in [2.75, 3.05) is 13.2 Å². The summed E-state index contributed by atoms with van der Waals surface area (Å²) in [6.07, 6.45) is -3.26. The Morgan fingerprint density at radius 2 is 2.06 bits per heavy atom. The maximum absolute atomic E-state index is 12.4. The Morgan fingerprint density at radius 1 is 1.33 bits per heavy atom. The highest BCUT2D eigenvalue weighted by Crippen LogP contribution is 2.31. The molecule has 18 heavy (non-hydrogen) atoms. The van der Waals surface area contributed by atoms with Crippen LogP contribution in [0.1, 0.15) is 25.8 Å². The summed E-state index contributed by atoms with van der Waals surface area (Å²) < 4.78 is 42.6. The smallest absolute Gasteiger partial charge is 0.416 e. The molecule has 0 bridgehead atoms. The number of nitrogens with two attached hydrogens (primary N) is 1. The van der Waals surface area contributed by atoms with E-state index in [1.54, 1.807) is 6.07 Å². The second-order valence-electron chi connectivity index (χ2n) is 4.28. The Bertz CT molecular complexity index is 365. The molecular formula is C13H19F3NO+. The van der Waals surface area contributed by atoms with Crippen LogP contribution in [0.3, 0.4) is 0 Å². The zero-order valence-electron chi connectivity index (χ0n) is 10.6. The van der Waals surface area contributed by atoms with Crippen LogP contribution in [-0.2, 0) is 6.18 Å². The van der Waals surface area contributed by atoms with Gasteiger partial charge < -0.3 is 10.1 Å². The standard InChI is InChI=1S/C13H18F3NO/c1-3-10(2)17-7-8-18-12-6-4-5-11(9-12)13(14,15)16/h4-6,9-10,17H,3,7-8H2,1-2H3/p+1/t10-/m1/s1. The first-order valence-corrected chi connectivity index (χ1v) is 6.07. The van der Waals surface area contributed by atoms with Gasteiger partial charge in [0.25, 0.3) is 0 Å². The van der Waals surface area contributed by atoms with Crippen LogP contribution in [0.5, 0.6) is 5.75 Å². The Kier molecular flexibility index (Phi) is 5.47. The molecule has 2 nitrogen and oxygen atoms in total. The minimum Gasteiger partial charge on any atom is -0.488 e. The summed E-state index contributed by atoms with van der Waals surface area (Å²) in [5.74, 6) is 0.266. The second kappa shape index (κ2) is 6.64. The average Bonchev–Trinajstić information content (AvgIpc) is 2.33. The Balaban J connectivity index is 2.43. The Labute approximate surface area is 105 Å². The molecule has 0 saturated heterocycles. The molecule has 2 N–H and O–H groups in total. The summed E-state index contributed by atoms with van der Waals surface area (Å²) in [7, 11) is 0. The number of hydrogen-bond acceptors (Lipinski definition) is 1. The monoisotopic (exact) mass is 262 g/mol. The molecule has 0 aliphatic rings. The fourth-order valence-corrected chi connectivity index (χ4v) is 1.46. The van der Waals surface area contributed by atoms with Crippen LogP contribution in [0.25, 0.3) is 0 Å². The van der Waals surface area contributed by atoms with Crippen LogP contribution in [0.4, 0.5) is 13.2 Å². The van der Waals surface area contributed by atoms with Gasteiger partial charge in [0, 0.05) is 0 Å². The summed E-state index contributed by atoms with van der Waals surface area (Å²) in [5.41, 5.74) is -0.675. The first-order chi connectivity index (χ1) is 8.43. The summed E-state index contributed by atoms with van der Waals surface area (Å²) >= 11 is 0. The van der Waals surface area contributed by atoms with E-state index < -0.39 is 11.7 Å². The molecule has 1 aromatic rings. The van der Waals surface area contributed by atoms with E-state index in [0.29, 0.717) is 12.6 Å². The van der Waals surface area contributed by atoms with Crippen molar-refractivity contribution in [3.05, 3.63) is 29.8 Å². The third kappa shape index (κ3) is 4.96. The van der Waals surface area contributed by atoms with Gasteiger partial charge in [0.2, 0.25) is 0 Å². The summed E-state index contributed by atoms with van der Waals surface area (Å²) in [5, 5.41) is 2.12. The predicted octanol–water partition coefficient (Wildman–Crippen LogP) is 2.45. The van der Waals surface area contributed by atoms with Gasteiger partial charge in [-0.2, -0.15) is 13.2 Å². The number of ether oxygens (including phenoxy) is 1. The Morgan fingerprint density at radius 3 is 2.67 bits per heavy atom. The third-order valence-electron chi connectivity index (χ3n) is 2.76. The van der Waals surface area contributed by atoms with Gasteiger partial charge in [-0.3, -0.25) is 0 Å². The van der Waals surface area contributed by atoms with Crippen LogP contribution in [0, 0.1) is 0 Å². The van der Waals surface area contributed by atoms with Crippen molar-refractivity contribution < 1.29 is 23.2 Å². The van der Waals surface area contributed by atoms with Crippen molar-refractivity contribution in [3.8, 4) is 5.75 Å². The van der Waals surface area contributed by atoms with Crippen molar-refractivity contribution in [3.63, 3.8) is 0 Å². The lowest BCUT2D eigenvalue weighted by atomic mass is 10.2. The van der Waals surface area contributed by atoms with E-state index in [-0.39, 0.29) is 5.75 Å². The third-order valence-corrected chi connectivity index (χ3v) is 2.76. The molecule has 1 rings (SSSR count). The molecule has 0 aliphatic heterocycles. The largest absolute Gasteiger partial charge is 0.488 e. The van der Waals surface area contributed by atoms with E-state index >= 15 is 0 Å². The van der Waals surface area contributed by atoms with Crippen LogP contribution >= 0.6 is 0 Å². The van der Waals surface area contributed by atoms with Gasteiger partial charge in [-0.05, 0) is 31.5 Å². The number of halogens is 3. The molecule has 1 atom stereocenters. The van der Waals surface area contributed by atoms with E-state index in [1.165, 1.54) is 6.07 Å². The molecular weight excluding hydrogens is 243 g/mol. The van der Waals surface area contributed by atoms with Crippen molar-refractivity contribution in [2.24, 2.45) is 0 Å². The number of rotatable bonds is 6. The van der Waals surface area contributed by atoms with Crippen molar-refractivity contribution in [2.45, 2.75) is 32.5 Å². The number of alkyl halides is 3. The Hall–Kier alpha value is -1.23. The van der Waals surface area contributed by atoms with Gasteiger partial charge >= 0.3 is 6.18 Å². The maximum Gasteiger partial charge on any atom is 0.416 e. The van der Waals surface area contributed by atoms with E-state index in [4.69, 9.17) is 4.74 Å². The highest BCUT2D eigenvalue weighted by atomic mass is 19.4. The topological polar surface area (TPSA) is 25.8 Å². The average molecular weight is 262 g/mol. The fourth-order valence-electron chi connectivity index (χ4n) is 1.46. The van der Waals surface area contributed by atoms with Crippen LogP contribution in [0.15, 0.2) is 24.3 Å². The summed E-state index contributed by atoms with van der Waals surface area (Å²) in [6.45, 7) is 5.34. The van der Waals surface area contributed by atoms with E-state index in [2.05, 4.69) is 19.2 Å². The van der Waals surface area contributed by atoms with E-state index in [1.807, 2.05) is 0 Å². The van der Waals surface area contributed by atoms with Gasteiger partial charge in [-0.15, -0.1) is 0 Å². The normalized spacial score (nSPS) is 13.4. The number of benzene rings is 1. The number of hydrogen-bond donors (Lipinski definition) is 1. The van der Waals surface area contributed by atoms with Gasteiger partial charge in [-0.1, -0.05) is 13.0 Å². The summed E-state index contributed by atoms with van der Waals surface area (Å²) in [6, 6.07) is 5.48. The highest BCUT2D eigenvalue weighted by molar-refractivity contribution is 5.30. The molecule has 0 heterocycles. The van der Waals surface area contributed by atoms with Crippen LogP contribution in [-0.4, -0.2) is 19.2 Å². The molecule has 0 unspecified atom stereocenters. The molecule has 1 aromatic carbocycles. The zero-order chi connectivity index (χ0) is 13.6. The van der Waals surface area contributed by atoms with Gasteiger partial charge in [0.05, 0.1) is 11.6 Å². The predicted molar refractivity (Wildman–Crippen MR) is 63.5 cm³/mol. The molecule has 5 heteroatoms. The van der Waals surface area contributed by atoms with Gasteiger partial charge in [-0.25, -0.2) is 0 Å². The first-order valence-electron chi connectivity index (χ1n) is 6.07. The molecule has 0 fully saturated rings. The second-order valence-corrected chi connectivity index (χ2v) is 4.28. The minimum atomic E-state index is -4.32. The molecule has 0 aromatic heterocycles. The summed E-state index contributed by atoms with van der Waals surface area (Å²) in [4.78, 5) is 0. The highest BCUT2D eigenvalue weighted by Gasteiger charge is 2.30. The first kappa shape index (κ1) is 14.8. The van der Waals surface area contributed by atoms with Gasteiger partial charge in [0.1, 0.15) is 18.9 Å². The molecule has 0 saturated carbocycles. The minimum absolute atomic E-state index is 0.266.